The average Bonchev–Trinajstić information content (AvgIpc) is 2.77. The molecule has 37 heavy (non-hydrogen) atoms. The van der Waals surface area contributed by atoms with Crippen LogP contribution in [-0.2, 0) is 30.4 Å². The molecule has 0 aliphatic heterocycles. The van der Waals surface area contributed by atoms with Crippen molar-refractivity contribution >= 4 is 40.6 Å². The van der Waals surface area contributed by atoms with Crippen LogP contribution >= 0.6 is 0 Å². The van der Waals surface area contributed by atoms with Crippen LogP contribution in [0.1, 0.15) is 22.3 Å². The van der Waals surface area contributed by atoms with E-state index in [2.05, 4.69) is 5.32 Å². The monoisotopic (exact) mass is 514 g/mol. The van der Waals surface area contributed by atoms with E-state index >= 15 is 0 Å². The number of phenolic OH excluding ortho intramolecular Hbond substituents is 1. The first-order valence-electron chi connectivity index (χ1n) is 11.9. The van der Waals surface area contributed by atoms with Crippen LogP contribution in [0.15, 0.2) is 12.1 Å². The Morgan fingerprint density at radius 2 is 1.76 bits per heavy atom. The largest absolute Gasteiger partial charge is 0.505 e. The predicted octanol–water partition coefficient (Wildman–Crippen LogP) is -1.63. The number of primary amides is 1. The molecule has 1 aromatic carbocycles. The number of fused-ring (bicyclic) bond motifs is 3. The van der Waals surface area contributed by atoms with Gasteiger partial charge in [0.15, 0.2) is 34.7 Å². The second-order valence-electron chi connectivity index (χ2n) is 10.6. The van der Waals surface area contributed by atoms with Crippen LogP contribution in [0, 0.1) is 23.7 Å². The number of phenols is 1. The van der Waals surface area contributed by atoms with Crippen molar-refractivity contribution in [3.05, 3.63) is 23.3 Å². The molecule has 6 atom stereocenters. The Morgan fingerprint density at radius 1 is 1.11 bits per heavy atom. The minimum Gasteiger partial charge on any atom is -0.505 e. The Morgan fingerprint density at radius 3 is 2.32 bits per heavy atom. The molecule has 198 valence electrons. The van der Waals surface area contributed by atoms with Crippen LogP contribution < -0.4 is 11.1 Å². The van der Waals surface area contributed by atoms with Gasteiger partial charge in [-0.3, -0.25) is 33.7 Å². The Hall–Kier alpha value is -3.48. The van der Waals surface area contributed by atoms with Crippen molar-refractivity contribution in [3.8, 4) is 5.75 Å². The smallest absolute Gasteiger partial charge is 0.238 e. The molecule has 12 nitrogen and oxygen atoms in total. The zero-order chi connectivity index (χ0) is 27.6. The van der Waals surface area contributed by atoms with E-state index in [1.54, 1.807) is 25.1 Å². The number of ketones is 4. The van der Waals surface area contributed by atoms with Crippen molar-refractivity contribution in [3.63, 3.8) is 0 Å². The van der Waals surface area contributed by atoms with Gasteiger partial charge in [-0.25, -0.2) is 0 Å². The number of aliphatic hydroxyl groups is 1. The van der Waals surface area contributed by atoms with Gasteiger partial charge in [0, 0.05) is 5.92 Å². The van der Waals surface area contributed by atoms with Crippen molar-refractivity contribution in [2.75, 3.05) is 40.1 Å². The van der Waals surface area contributed by atoms with Gasteiger partial charge in [0.2, 0.25) is 11.8 Å². The summed E-state index contributed by atoms with van der Waals surface area (Å²) in [6.45, 7) is 0.0248. The molecule has 0 saturated heterocycles. The van der Waals surface area contributed by atoms with Crippen molar-refractivity contribution in [1.29, 1.82) is 0 Å². The fraction of sp³-hybridized carbons (Fsp3) is 0.520. The van der Waals surface area contributed by atoms with E-state index < -0.39 is 76.0 Å². The first kappa shape index (κ1) is 26.6. The molecule has 0 radical (unpaired) electrons. The summed E-state index contributed by atoms with van der Waals surface area (Å²) in [4.78, 5) is 80.9. The third-order valence-corrected chi connectivity index (χ3v) is 7.67. The van der Waals surface area contributed by atoms with Gasteiger partial charge in [0.1, 0.15) is 5.75 Å². The Balaban J connectivity index is 1.77. The standard InChI is InChI=1S/C25H30N4O8/c1-28(2)9-14(30)27-13-6-5-10-7-11-8-12-18(29(3)4)21(33)17(24(26)36)23(35)25(12,37)22(34)16(11)20(32)15(10)19(13)31/h5-6,11-12,16-18,31,37H,7-9H2,1-4H3,(H2,26,36)(H,27,30)/t11-,12-,16?,17?,18-,25-/m1/s1. The van der Waals surface area contributed by atoms with E-state index in [1.165, 1.54) is 25.1 Å². The number of amides is 2. The van der Waals surface area contributed by atoms with Gasteiger partial charge in [-0.15, -0.1) is 0 Å². The Kier molecular flexibility index (Phi) is 6.55. The normalized spacial score (nSPS) is 31.2. The molecular formula is C25H30N4O8. The highest BCUT2D eigenvalue weighted by molar-refractivity contribution is 6.32. The Bertz CT molecular complexity index is 1240. The van der Waals surface area contributed by atoms with Crippen LogP contribution in [0.2, 0.25) is 0 Å². The number of Topliss-reactive ketones (excluding diaryl/α,β-unsaturated/α-hetero) is 4. The van der Waals surface area contributed by atoms with Crippen molar-refractivity contribution in [2.24, 2.45) is 29.4 Å². The predicted molar refractivity (Wildman–Crippen MR) is 129 cm³/mol. The van der Waals surface area contributed by atoms with Gasteiger partial charge in [0.05, 0.1) is 29.8 Å². The highest BCUT2D eigenvalue weighted by Gasteiger charge is 2.69. The van der Waals surface area contributed by atoms with Gasteiger partial charge in [-0.2, -0.15) is 0 Å². The highest BCUT2D eigenvalue weighted by Crippen LogP contribution is 2.51. The molecule has 0 aromatic heterocycles. The number of carbonyl (C=O) groups excluding carboxylic acids is 6. The van der Waals surface area contributed by atoms with Crippen molar-refractivity contribution in [1.82, 2.24) is 9.80 Å². The number of likely N-dealkylation sites (N-methyl/N-ethyl adjacent to an activating group) is 2. The number of carbonyl (C=O) groups is 6. The maximum absolute atomic E-state index is 13.8. The van der Waals surface area contributed by atoms with Gasteiger partial charge in [0.25, 0.3) is 0 Å². The second-order valence-corrected chi connectivity index (χ2v) is 10.6. The lowest BCUT2D eigenvalue weighted by Gasteiger charge is -2.52. The molecule has 5 N–H and O–H groups in total. The van der Waals surface area contributed by atoms with Crippen LogP contribution in [0.3, 0.4) is 0 Å². The first-order chi connectivity index (χ1) is 17.2. The lowest BCUT2D eigenvalue weighted by Crippen LogP contribution is -2.74. The topological polar surface area (TPSA) is 187 Å². The van der Waals surface area contributed by atoms with E-state index in [1.807, 2.05) is 0 Å². The molecule has 0 heterocycles. The number of nitrogens with zero attached hydrogens (tertiary/aromatic N) is 2. The van der Waals surface area contributed by atoms with Gasteiger partial charge in [-0.1, -0.05) is 6.07 Å². The van der Waals surface area contributed by atoms with Crippen LogP contribution in [0.4, 0.5) is 5.69 Å². The van der Waals surface area contributed by atoms with Crippen LogP contribution in [-0.4, -0.2) is 101 Å². The summed E-state index contributed by atoms with van der Waals surface area (Å²) in [5, 5.41) is 25.0. The molecule has 0 bridgehead atoms. The van der Waals surface area contributed by atoms with E-state index in [9.17, 15) is 39.0 Å². The summed E-state index contributed by atoms with van der Waals surface area (Å²) in [5.74, 6) is -11.6. The van der Waals surface area contributed by atoms with Crippen molar-refractivity contribution in [2.45, 2.75) is 24.5 Å². The zero-order valence-corrected chi connectivity index (χ0v) is 21.0. The number of anilines is 1. The quantitative estimate of drug-likeness (QED) is 0.262. The molecule has 2 unspecified atom stereocenters. The van der Waals surface area contributed by atoms with Gasteiger partial charge < -0.3 is 26.2 Å². The molecule has 3 aliphatic carbocycles. The third kappa shape index (κ3) is 3.95. The number of hydrogen-bond donors (Lipinski definition) is 4. The molecule has 12 heteroatoms. The molecule has 4 rings (SSSR count). The van der Waals surface area contributed by atoms with Gasteiger partial charge in [-0.05, 0) is 58.6 Å². The summed E-state index contributed by atoms with van der Waals surface area (Å²) < 4.78 is 0. The zero-order valence-electron chi connectivity index (χ0n) is 21.0. The summed E-state index contributed by atoms with van der Waals surface area (Å²) >= 11 is 0. The average molecular weight is 515 g/mol. The maximum atomic E-state index is 13.8. The minimum absolute atomic E-state index is 0.0157. The minimum atomic E-state index is -2.77. The summed E-state index contributed by atoms with van der Waals surface area (Å²) in [6, 6.07) is 1.89. The molecule has 3 aliphatic rings. The number of benzene rings is 1. The SMILES string of the molecule is CN(C)CC(=O)Nc1ccc2c(c1O)C(=O)C1C(=O)[C@@]3(O)C(=O)C(C(N)=O)C(=O)[C@H](N(C)C)[C@H]3C[C@H]1C2. The lowest BCUT2D eigenvalue weighted by molar-refractivity contribution is -0.181. The van der Waals surface area contributed by atoms with Crippen LogP contribution in [0.25, 0.3) is 0 Å². The number of hydrogen-bond acceptors (Lipinski definition) is 10. The van der Waals surface area contributed by atoms with Gasteiger partial charge >= 0.3 is 0 Å². The highest BCUT2D eigenvalue weighted by atomic mass is 16.3. The van der Waals surface area contributed by atoms with E-state index in [0.717, 1.165) is 0 Å². The van der Waals surface area contributed by atoms with E-state index in [-0.39, 0.29) is 30.6 Å². The Labute approximate surface area is 212 Å². The fourth-order valence-corrected chi connectivity index (χ4v) is 6.16. The number of rotatable bonds is 5. The molecule has 1 aromatic rings. The summed E-state index contributed by atoms with van der Waals surface area (Å²) in [6.07, 6.45) is 0.136. The summed E-state index contributed by atoms with van der Waals surface area (Å²) in [7, 11) is 6.43. The van der Waals surface area contributed by atoms with E-state index in [4.69, 9.17) is 5.73 Å². The summed E-state index contributed by atoms with van der Waals surface area (Å²) in [5.41, 5.74) is 2.79. The fourth-order valence-electron chi connectivity index (χ4n) is 6.16. The second kappa shape index (κ2) is 9.12. The first-order valence-corrected chi connectivity index (χ1v) is 11.9. The number of aromatic hydroxyl groups is 1. The third-order valence-electron chi connectivity index (χ3n) is 7.67. The lowest BCUT2D eigenvalue weighted by atomic mass is 9.52. The van der Waals surface area contributed by atoms with E-state index in [0.29, 0.717) is 5.56 Å². The molecule has 0 spiro atoms. The number of nitrogens with two attached hydrogens (primary N) is 1. The van der Waals surface area contributed by atoms with Crippen molar-refractivity contribution < 1.29 is 39.0 Å². The maximum Gasteiger partial charge on any atom is 0.238 e. The van der Waals surface area contributed by atoms with Crippen LogP contribution in [0.5, 0.6) is 5.75 Å². The molecule has 2 amide bonds. The number of nitrogens with one attached hydrogen (secondary N) is 1. The molecule has 2 saturated carbocycles. The molecule has 2 fully saturated rings. The molecular weight excluding hydrogens is 484 g/mol.